The van der Waals surface area contributed by atoms with Crippen LogP contribution < -0.4 is 11.1 Å². The molecule has 0 saturated carbocycles. The molecule has 4 N–H and O–H groups in total. The topological polar surface area (TPSA) is 92.4 Å². The molecular formula is C15H26N2O3S. The molecular weight excluding hydrogens is 288 g/mol. The van der Waals surface area contributed by atoms with Gasteiger partial charge in [-0.15, -0.1) is 11.8 Å². The number of aldehydes is 1. The number of nitrogens with two attached hydrogens (primary N) is 1. The maximum absolute atomic E-state index is 10.8. The van der Waals surface area contributed by atoms with E-state index >= 15 is 0 Å². The van der Waals surface area contributed by atoms with E-state index in [1.807, 2.05) is 17.8 Å². The van der Waals surface area contributed by atoms with E-state index in [-0.39, 0.29) is 22.0 Å². The molecule has 1 rings (SSSR count). The summed E-state index contributed by atoms with van der Waals surface area (Å²) in [4.78, 5) is 21.3. The van der Waals surface area contributed by atoms with E-state index in [0.29, 0.717) is 18.7 Å². The maximum atomic E-state index is 10.8. The first kappa shape index (κ1) is 18.2. The van der Waals surface area contributed by atoms with Gasteiger partial charge in [0.25, 0.3) is 0 Å². The van der Waals surface area contributed by atoms with Gasteiger partial charge < -0.3 is 21.0 Å². The van der Waals surface area contributed by atoms with Crippen molar-refractivity contribution in [2.24, 2.45) is 11.7 Å². The molecule has 6 heteroatoms. The van der Waals surface area contributed by atoms with Crippen LogP contribution in [0.3, 0.4) is 0 Å². The fourth-order valence-corrected chi connectivity index (χ4v) is 5.18. The summed E-state index contributed by atoms with van der Waals surface area (Å²) in [6.07, 6.45) is 4.48. The van der Waals surface area contributed by atoms with Crippen LogP contribution in [0.2, 0.25) is 0 Å². The summed E-state index contributed by atoms with van der Waals surface area (Å²) in [7, 11) is 0. The number of carbonyl (C=O) groups is 2. The lowest BCUT2D eigenvalue weighted by Crippen LogP contribution is -2.53. The van der Waals surface area contributed by atoms with Gasteiger partial charge in [-0.2, -0.15) is 0 Å². The first-order valence-corrected chi connectivity index (χ1v) is 7.94. The van der Waals surface area contributed by atoms with E-state index < -0.39 is 12.0 Å². The Morgan fingerprint density at radius 3 is 2.38 bits per heavy atom. The molecule has 2 atom stereocenters. The van der Waals surface area contributed by atoms with Crippen molar-refractivity contribution in [2.45, 2.75) is 55.7 Å². The zero-order valence-electron chi connectivity index (χ0n) is 13.1. The predicted octanol–water partition coefficient (Wildman–Crippen LogP) is 1.42. The fourth-order valence-electron chi connectivity index (χ4n) is 3.01. The van der Waals surface area contributed by atoms with Crippen molar-refractivity contribution in [3.05, 3.63) is 12.2 Å². The largest absolute Gasteiger partial charge is 0.481 e. The SMILES string of the molecule is CC1(C)SC(C)(C)C1C=CC(N)CN[C@H](C=O)CC(=O)O. The van der Waals surface area contributed by atoms with Gasteiger partial charge in [0.05, 0.1) is 12.5 Å². The van der Waals surface area contributed by atoms with Crippen LogP contribution in [0.4, 0.5) is 0 Å². The monoisotopic (exact) mass is 314 g/mol. The first-order valence-electron chi connectivity index (χ1n) is 7.13. The Hall–Kier alpha value is -0.850. The molecule has 0 aliphatic carbocycles. The van der Waals surface area contributed by atoms with Gasteiger partial charge in [-0.3, -0.25) is 4.79 Å². The van der Waals surface area contributed by atoms with Gasteiger partial charge >= 0.3 is 5.97 Å². The molecule has 1 unspecified atom stereocenters. The summed E-state index contributed by atoms with van der Waals surface area (Å²) in [5, 5.41) is 11.5. The Bertz CT molecular complexity index is 407. The average Bonchev–Trinajstić information content (AvgIpc) is 2.31. The van der Waals surface area contributed by atoms with Crippen molar-refractivity contribution in [2.75, 3.05) is 6.54 Å². The number of hydrogen-bond donors (Lipinski definition) is 3. The van der Waals surface area contributed by atoms with Gasteiger partial charge in [-0.25, -0.2) is 0 Å². The highest BCUT2D eigenvalue weighted by Crippen LogP contribution is 2.59. The molecule has 0 spiro atoms. The molecule has 1 heterocycles. The van der Waals surface area contributed by atoms with Gasteiger partial charge in [0.1, 0.15) is 6.29 Å². The lowest BCUT2D eigenvalue weighted by molar-refractivity contribution is -0.138. The Balaban J connectivity index is 2.46. The number of rotatable bonds is 8. The van der Waals surface area contributed by atoms with Crippen LogP contribution >= 0.6 is 11.8 Å². The Kier molecular flexibility index (Phi) is 6.01. The first-order chi connectivity index (χ1) is 9.58. The summed E-state index contributed by atoms with van der Waals surface area (Å²) in [6, 6.07) is -0.924. The van der Waals surface area contributed by atoms with Gasteiger partial charge in [-0.1, -0.05) is 39.8 Å². The van der Waals surface area contributed by atoms with Gasteiger partial charge in [0.2, 0.25) is 0 Å². The highest BCUT2D eigenvalue weighted by molar-refractivity contribution is 8.03. The quantitative estimate of drug-likeness (QED) is 0.463. The summed E-state index contributed by atoms with van der Waals surface area (Å²) < 4.78 is 0.420. The number of carbonyl (C=O) groups excluding carboxylic acids is 1. The molecule has 0 radical (unpaired) electrons. The Labute approximate surface area is 130 Å². The number of hydrogen-bond acceptors (Lipinski definition) is 5. The van der Waals surface area contributed by atoms with E-state index in [2.05, 4.69) is 39.1 Å². The molecule has 1 aliphatic rings. The summed E-state index contributed by atoms with van der Waals surface area (Å²) in [5.74, 6) is -0.555. The van der Waals surface area contributed by atoms with Crippen molar-refractivity contribution in [1.29, 1.82) is 0 Å². The van der Waals surface area contributed by atoms with Crippen molar-refractivity contribution in [3.63, 3.8) is 0 Å². The highest BCUT2D eigenvalue weighted by atomic mass is 32.2. The smallest absolute Gasteiger partial charge is 0.305 e. The Morgan fingerprint density at radius 1 is 1.38 bits per heavy atom. The molecule has 0 aromatic heterocycles. The number of thioether (sulfide) groups is 1. The second-order valence-corrected chi connectivity index (χ2v) is 8.89. The lowest BCUT2D eigenvalue weighted by Gasteiger charge is -2.56. The van der Waals surface area contributed by atoms with Gasteiger partial charge in [0.15, 0.2) is 0 Å². The third-order valence-corrected chi connectivity index (χ3v) is 5.31. The molecule has 0 amide bonds. The van der Waals surface area contributed by atoms with Crippen LogP contribution in [-0.4, -0.2) is 45.5 Å². The summed E-state index contributed by atoms with van der Waals surface area (Å²) in [5.41, 5.74) is 5.99. The summed E-state index contributed by atoms with van der Waals surface area (Å²) >= 11 is 1.96. The van der Waals surface area contributed by atoms with Crippen LogP contribution in [0.1, 0.15) is 34.1 Å². The van der Waals surface area contributed by atoms with E-state index in [4.69, 9.17) is 10.8 Å². The molecule has 0 aromatic rings. The zero-order chi connectivity index (χ0) is 16.3. The minimum absolute atomic E-state index is 0.210. The minimum Gasteiger partial charge on any atom is -0.481 e. The molecule has 1 fully saturated rings. The molecule has 0 aromatic carbocycles. The molecule has 120 valence electrons. The maximum Gasteiger partial charge on any atom is 0.305 e. The average molecular weight is 314 g/mol. The lowest BCUT2D eigenvalue weighted by atomic mass is 9.81. The van der Waals surface area contributed by atoms with Crippen LogP contribution in [0.5, 0.6) is 0 Å². The normalized spacial score (nSPS) is 23.5. The third kappa shape index (κ3) is 5.13. The summed E-state index contributed by atoms with van der Waals surface area (Å²) in [6.45, 7) is 9.26. The van der Waals surface area contributed by atoms with E-state index in [1.165, 1.54) is 0 Å². The van der Waals surface area contributed by atoms with E-state index in [9.17, 15) is 9.59 Å². The Morgan fingerprint density at radius 2 is 1.95 bits per heavy atom. The van der Waals surface area contributed by atoms with Crippen molar-refractivity contribution in [1.82, 2.24) is 5.32 Å². The second-order valence-electron chi connectivity index (χ2n) is 6.58. The number of aliphatic carboxylic acids is 1. The second kappa shape index (κ2) is 6.94. The number of carboxylic acid groups (broad SMARTS) is 1. The van der Waals surface area contributed by atoms with E-state index in [1.54, 1.807) is 0 Å². The van der Waals surface area contributed by atoms with Crippen LogP contribution in [0.25, 0.3) is 0 Å². The molecule has 1 aliphatic heterocycles. The molecule has 5 nitrogen and oxygen atoms in total. The standard InChI is InChI=1S/C15H26N2O3S/c1-14(2)12(15(3,4)21-14)6-5-10(16)8-17-11(9-18)7-13(19)20/h5-6,9-12,17H,7-8,16H2,1-4H3,(H,19,20)/t10?,11-/m0/s1. The van der Waals surface area contributed by atoms with Gasteiger partial charge in [-0.05, 0) is 0 Å². The minimum atomic E-state index is -1.00. The van der Waals surface area contributed by atoms with Crippen molar-refractivity contribution >= 4 is 24.0 Å². The molecule has 21 heavy (non-hydrogen) atoms. The van der Waals surface area contributed by atoms with E-state index in [0.717, 1.165) is 0 Å². The zero-order valence-corrected chi connectivity index (χ0v) is 13.9. The number of allylic oxidation sites excluding steroid dienone is 1. The van der Waals surface area contributed by atoms with Crippen LogP contribution in [0, 0.1) is 5.92 Å². The van der Waals surface area contributed by atoms with Crippen molar-refractivity contribution < 1.29 is 14.7 Å². The van der Waals surface area contributed by atoms with Gasteiger partial charge in [0, 0.05) is 28.0 Å². The molecule has 1 saturated heterocycles. The van der Waals surface area contributed by atoms with Crippen LogP contribution in [-0.2, 0) is 9.59 Å². The fraction of sp³-hybridized carbons (Fsp3) is 0.733. The number of carboxylic acids is 1. The van der Waals surface area contributed by atoms with Crippen LogP contribution in [0.15, 0.2) is 12.2 Å². The third-order valence-electron chi connectivity index (χ3n) is 3.75. The van der Waals surface area contributed by atoms with Crippen molar-refractivity contribution in [3.8, 4) is 0 Å². The predicted molar refractivity (Wildman–Crippen MR) is 86.5 cm³/mol. The highest BCUT2D eigenvalue weighted by Gasteiger charge is 2.52. The number of nitrogens with one attached hydrogen (secondary N) is 1. The molecule has 0 bridgehead atoms.